The van der Waals surface area contributed by atoms with E-state index in [9.17, 15) is 4.79 Å². The monoisotopic (exact) mass is 239 g/mol. The number of amides is 1. The summed E-state index contributed by atoms with van der Waals surface area (Å²) in [5, 5.41) is 5.99. The molecular formula is C13H25N3O. The number of carbonyl (C=O) groups is 1. The number of nitrogens with zero attached hydrogens (tertiary/aromatic N) is 1. The first-order valence-electron chi connectivity index (χ1n) is 6.97. The number of likely N-dealkylation sites (tertiary alicyclic amines) is 1. The molecule has 1 saturated carbocycles. The molecule has 2 rings (SSSR count). The van der Waals surface area contributed by atoms with E-state index in [0.717, 1.165) is 32.0 Å². The molecule has 4 nitrogen and oxygen atoms in total. The highest BCUT2D eigenvalue weighted by molar-refractivity contribution is 5.78. The van der Waals surface area contributed by atoms with Gasteiger partial charge in [-0.05, 0) is 32.7 Å². The lowest BCUT2D eigenvalue weighted by Crippen LogP contribution is -2.48. The van der Waals surface area contributed by atoms with E-state index >= 15 is 0 Å². The lowest BCUT2D eigenvalue weighted by molar-refractivity contribution is -0.121. The van der Waals surface area contributed by atoms with Gasteiger partial charge in [0.25, 0.3) is 0 Å². The molecule has 2 N–H and O–H groups in total. The van der Waals surface area contributed by atoms with E-state index in [4.69, 9.17) is 0 Å². The molecule has 2 fully saturated rings. The second-order valence-electron chi connectivity index (χ2n) is 5.35. The molecule has 1 saturated heterocycles. The summed E-state index contributed by atoms with van der Waals surface area (Å²) < 4.78 is 0. The molecule has 0 radical (unpaired) electrons. The standard InChI is InChI=1S/C13H25N3O/c1-14-10-13(17)15-11-6-8-16(9-7-11)12-4-2-3-5-12/h11-12,14H,2-10H2,1H3,(H,15,17). The highest BCUT2D eigenvalue weighted by Crippen LogP contribution is 2.25. The van der Waals surface area contributed by atoms with Gasteiger partial charge in [-0.3, -0.25) is 4.79 Å². The highest BCUT2D eigenvalue weighted by Gasteiger charge is 2.27. The quantitative estimate of drug-likeness (QED) is 0.760. The van der Waals surface area contributed by atoms with E-state index in [2.05, 4.69) is 15.5 Å². The molecule has 98 valence electrons. The normalized spacial score (nSPS) is 24.1. The molecule has 0 bridgehead atoms. The molecule has 0 aromatic heterocycles. The van der Waals surface area contributed by atoms with Crippen molar-refractivity contribution in [1.82, 2.24) is 15.5 Å². The maximum atomic E-state index is 11.5. The minimum atomic E-state index is 0.131. The summed E-state index contributed by atoms with van der Waals surface area (Å²) in [6.07, 6.45) is 7.82. The van der Waals surface area contributed by atoms with Gasteiger partial charge in [-0.1, -0.05) is 12.8 Å². The number of likely N-dealkylation sites (N-methyl/N-ethyl adjacent to an activating group) is 1. The van der Waals surface area contributed by atoms with Crippen LogP contribution in [0.15, 0.2) is 0 Å². The van der Waals surface area contributed by atoms with Crippen LogP contribution in [0.25, 0.3) is 0 Å². The Labute approximate surface area is 104 Å². The van der Waals surface area contributed by atoms with Gasteiger partial charge in [0.05, 0.1) is 6.54 Å². The fourth-order valence-electron chi connectivity index (χ4n) is 3.12. The van der Waals surface area contributed by atoms with Gasteiger partial charge in [0.15, 0.2) is 0 Å². The Balaban J connectivity index is 1.68. The second-order valence-corrected chi connectivity index (χ2v) is 5.35. The molecule has 1 aliphatic heterocycles. The van der Waals surface area contributed by atoms with Crippen LogP contribution in [-0.4, -0.2) is 49.6 Å². The Morgan fingerprint density at radius 2 is 1.82 bits per heavy atom. The summed E-state index contributed by atoms with van der Waals surface area (Å²) in [5.41, 5.74) is 0. The Morgan fingerprint density at radius 1 is 1.18 bits per heavy atom. The van der Waals surface area contributed by atoms with E-state index in [0.29, 0.717) is 12.6 Å². The van der Waals surface area contributed by atoms with Gasteiger partial charge in [-0.25, -0.2) is 0 Å². The van der Waals surface area contributed by atoms with Gasteiger partial charge < -0.3 is 15.5 Å². The van der Waals surface area contributed by atoms with Crippen molar-refractivity contribution in [3.05, 3.63) is 0 Å². The average Bonchev–Trinajstić information content (AvgIpc) is 2.84. The molecule has 1 heterocycles. The predicted octanol–water partition coefficient (Wildman–Crippen LogP) is 0.729. The van der Waals surface area contributed by atoms with Crippen molar-refractivity contribution in [1.29, 1.82) is 0 Å². The Morgan fingerprint density at radius 3 is 2.41 bits per heavy atom. The van der Waals surface area contributed by atoms with Crippen LogP contribution in [0.5, 0.6) is 0 Å². The lowest BCUT2D eigenvalue weighted by atomic mass is 10.0. The molecule has 0 unspecified atom stereocenters. The number of hydrogen-bond acceptors (Lipinski definition) is 3. The van der Waals surface area contributed by atoms with Gasteiger partial charge in [0, 0.05) is 25.2 Å². The summed E-state index contributed by atoms with van der Waals surface area (Å²) in [5.74, 6) is 0.131. The molecule has 0 aromatic carbocycles. The van der Waals surface area contributed by atoms with Gasteiger partial charge >= 0.3 is 0 Å². The number of nitrogens with one attached hydrogen (secondary N) is 2. The summed E-state index contributed by atoms with van der Waals surface area (Å²) in [6, 6.07) is 1.23. The topological polar surface area (TPSA) is 44.4 Å². The zero-order valence-corrected chi connectivity index (χ0v) is 10.9. The van der Waals surface area contributed by atoms with Crippen LogP contribution in [0.2, 0.25) is 0 Å². The molecule has 2 aliphatic rings. The summed E-state index contributed by atoms with van der Waals surface area (Å²) in [4.78, 5) is 14.1. The fourth-order valence-corrected chi connectivity index (χ4v) is 3.12. The Hall–Kier alpha value is -0.610. The van der Waals surface area contributed by atoms with Gasteiger partial charge in [-0.2, -0.15) is 0 Å². The van der Waals surface area contributed by atoms with Crippen LogP contribution in [0.1, 0.15) is 38.5 Å². The summed E-state index contributed by atoms with van der Waals surface area (Å²) >= 11 is 0. The smallest absolute Gasteiger partial charge is 0.234 e. The van der Waals surface area contributed by atoms with E-state index in [1.54, 1.807) is 0 Å². The Bertz CT molecular complexity index is 243. The van der Waals surface area contributed by atoms with Crippen LogP contribution < -0.4 is 10.6 Å². The van der Waals surface area contributed by atoms with Crippen molar-refractivity contribution in [2.45, 2.75) is 50.6 Å². The van der Waals surface area contributed by atoms with Gasteiger partial charge in [0.2, 0.25) is 5.91 Å². The first-order chi connectivity index (χ1) is 8.29. The second kappa shape index (κ2) is 6.36. The van der Waals surface area contributed by atoms with Crippen LogP contribution in [0.4, 0.5) is 0 Å². The first kappa shape index (κ1) is 12.8. The average molecular weight is 239 g/mol. The zero-order chi connectivity index (χ0) is 12.1. The largest absolute Gasteiger partial charge is 0.352 e. The Kier molecular flexibility index (Phi) is 4.80. The van der Waals surface area contributed by atoms with Crippen molar-refractivity contribution in [2.24, 2.45) is 0 Å². The van der Waals surface area contributed by atoms with Crippen LogP contribution in [0.3, 0.4) is 0 Å². The van der Waals surface area contributed by atoms with E-state index in [1.807, 2.05) is 7.05 Å². The predicted molar refractivity (Wildman–Crippen MR) is 68.9 cm³/mol. The van der Waals surface area contributed by atoms with E-state index < -0.39 is 0 Å². The maximum absolute atomic E-state index is 11.5. The molecule has 1 amide bonds. The molecule has 17 heavy (non-hydrogen) atoms. The van der Waals surface area contributed by atoms with Crippen LogP contribution >= 0.6 is 0 Å². The summed E-state index contributed by atoms with van der Waals surface area (Å²) in [7, 11) is 1.81. The first-order valence-corrected chi connectivity index (χ1v) is 6.97. The minimum absolute atomic E-state index is 0.131. The maximum Gasteiger partial charge on any atom is 0.234 e. The molecule has 0 aromatic rings. The van der Waals surface area contributed by atoms with E-state index in [1.165, 1.54) is 25.7 Å². The van der Waals surface area contributed by atoms with Crippen LogP contribution in [0, 0.1) is 0 Å². The third kappa shape index (κ3) is 3.68. The third-order valence-corrected chi connectivity index (χ3v) is 4.07. The lowest BCUT2D eigenvalue weighted by Gasteiger charge is -2.36. The zero-order valence-electron chi connectivity index (χ0n) is 10.9. The fraction of sp³-hybridized carbons (Fsp3) is 0.923. The van der Waals surface area contributed by atoms with Crippen molar-refractivity contribution in [3.8, 4) is 0 Å². The molecule has 0 atom stereocenters. The third-order valence-electron chi connectivity index (χ3n) is 4.07. The SMILES string of the molecule is CNCC(=O)NC1CCN(C2CCCC2)CC1. The summed E-state index contributed by atoms with van der Waals surface area (Å²) in [6.45, 7) is 2.76. The molecule has 0 spiro atoms. The highest BCUT2D eigenvalue weighted by atomic mass is 16.1. The van der Waals surface area contributed by atoms with Crippen molar-refractivity contribution in [2.75, 3.05) is 26.7 Å². The number of piperidine rings is 1. The van der Waals surface area contributed by atoms with E-state index in [-0.39, 0.29) is 5.91 Å². The molecule has 4 heteroatoms. The van der Waals surface area contributed by atoms with Crippen molar-refractivity contribution < 1.29 is 4.79 Å². The number of carbonyl (C=O) groups excluding carboxylic acids is 1. The van der Waals surface area contributed by atoms with Crippen molar-refractivity contribution in [3.63, 3.8) is 0 Å². The number of rotatable bonds is 4. The van der Waals surface area contributed by atoms with Gasteiger partial charge in [0.1, 0.15) is 0 Å². The number of hydrogen-bond donors (Lipinski definition) is 2. The van der Waals surface area contributed by atoms with Crippen molar-refractivity contribution >= 4 is 5.91 Å². The molecular weight excluding hydrogens is 214 g/mol. The van der Waals surface area contributed by atoms with Crippen LogP contribution in [-0.2, 0) is 4.79 Å². The molecule has 1 aliphatic carbocycles. The van der Waals surface area contributed by atoms with Gasteiger partial charge in [-0.15, -0.1) is 0 Å². The minimum Gasteiger partial charge on any atom is -0.352 e.